The number of nitrogens with two attached hydrogens (primary N) is 1. The van der Waals surface area contributed by atoms with E-state index in [4.69, 9.17) is 15.2 Å². The van der Waals surface area contributed by atoms with Gasteiger partial charge in [0.1, 0.15) is 0 Å². The van der Waals surface area contributed by atoms with Gasteiger partial charge in [-0.05, 0) is 54.4 Å². The lowest BCUT2D eigenvalue weighted by atomic mass is 10.1. The average Bonchev–Trinajstić information content (AvgIpc) is 3.09. The van der Waals surface area contributed by atoms with Gasteiger partial charge in [-0.3, -0.25) is 4.79 Å². The van der Waals surface area contributed by atoms with Crippen molar-refractivity contribution in [3.8, 4) is 11.5 Å². The van der Waals surface area contributed by atoms with Gasteiger partial charge in [0.2, 0.25) is 0 Å². The second kappa shape index (κ2) is 8.55. The molecule has 5 nitrogen and oxygen atoms in total. The Labute approximate surface area is 140 Å². The van der Waals surface area contributed by atoms with Crippen molar-refractivity contribution in [2.45, 2.75) is 19.4 Å². The van der Waals surface area contributed by atoms with Gasteiger partial charge >= 0.3 is 0 Å². The highest BCUT2D eigenvalue weighted by atomic mass is 32.1. The SMILES string of the molecule is COc1cccc(C(=O)NC(C)c2ccsc2)c1OCCCN. The topological polar surface area (TPSA) is 73.6 Å². The Bertz CT molecular complexity index is 629. The summed E-state index contributed by atoms with van der Waals surface area (Å²) in [6.07, 6.45) is 0.713. The van der Waals surface area contributed by atoms with Crippen LogP contribution in [0.3, 0.4) is 0 Å². The molecule has 2 aromatic rings. The van der Waals surface area contributed by atoms with Gasteiger partial charge in [-0.1, -0.05) is 6.07 Å². The Morgan fingerprint density at radius 1 is 1.39 bits per heavy atom. The maximum Gasteiger partial charge on any atom is 0.255 e. The van der Waals surface area contributed by atoms with Gasteiger partial charge in [-0.2, -0.15) is 11.3 Å². The zero-order chi connectivity index (χ0) is 16.7. The Hall–Kier alpha value is -2.05. The highest BCUT2D eigenvalue weighted by molar-refractivity contribution is 7.07. The third-order valence-electron chi connectivity index (χ3n) is 3.43. The van der Waals surface area contributed by atoms with Crippen LogP contribution >= 0.6 is 11.3 Å². The first kappa shape index (κ1) is 17.3. The predicted octanol–water partition coefficient (Wildman–Crippen LogP) is 2.98. The Morgan fingerprint density at radius 2 is 2.22 bits per heavy atom. The Morgan fingerprint density at radius 3 is 2.87 bits per heavy atom. The molecule has 1 unspecified atom stereocenters. The molecular formula is C17H22N2O3S. The van der Waals surface area contributed by atoms with E-state index in [2.05, 4.69) is 5.32 Å². The van der Waals surface area contributed by atoms with Gasteiger partial charge in [-0.15, -0.1) is 0 Å². The molecule has 3 N–H and O–H groups in total. The van der Waals surface area contributed by atoms with Crippen LogP contribution in [0, 0.1) is 0 Å². The minimum atomic E-state index is -0.189. The van der Waals surface area contributed by atoms with Gasteiger partial charge in [0.05, 0.1) is 25.3 Å². The number of carbonyl (C=O) groups is 1. The number of rotatable bonds is 8. The van der Waals surface area contributed by atoms with Crippen LogP contribution in [0.5, 0.6) is 11.5 Å². The number of carbonyl (C=O) groups excluding carboxylic acids is 1. The predicted molar refractivity (Wildman–Crippen MR) is 92.4 cm³/mol. The number of ether oxygens (including phenoxy) is 2. The van der Waals surface area contributed by atoms with Crippen molar-refractivity contribution in [2.75, 3.05) is 20.3 Å². The van der Waals surface area contributed by atoms with Crippen LogP contribution in [0.1, 0.15) is 35.3 Å². The van der Waals surface area contributed by atoms with E-state index in [1.165, 1.54) is 0 Å². The minimum Gasteiger partial charge on any atom is -0.493 e. The fourth-order valence-corrected chi connectivity index (χ4v) is 2.90. The summed E-state index contributed by atoms with van der Waals surface area (Å²) in [6, 6.07) is 7.21. The van der Waals surface area contributed by atoms with Gasteiger partial charge in [0.25, 0.3) is 5.91 Å². The van der Waals surface area contributed by atoms with Crippen LogP contribution in [0.25, 0.3) is 0 Å². The number of hydrogen-bond donors (Lipinski definition) is 2. The lowest BCUT2D eigenvalue weighted by Gasteiger charge is -2.17. The van der Waals surface area contributed by atoms with E-state index in [1.807, 2.05) is 23.8 Å². The normalized spacial score (nSPS) is 11.8. The van der Waals surface area contributed by atoms with Crippen LogP contribution < -0.4 is 20.5 Å². The quantitative estimate of drug-likeness (QED) is 0.728. The lowest BCUT2D eigenvalue weighted by molar-refractivity contribution is 0.0935. The largest absolute Gasteiger partial charge is 0.493 e. The number of nitrogens with one attached hydrogen (secondary N) is 1. The molecule has 0 aliphatic rings. The number of thiophene rings is 1. The van der Waals surface area contributed by atoms with Crippen molar-refractivity contribution in [1.29, 1.82) is 0 Å². The van der Waals surface area contributed by atoms with E-state index in [-0.39, 0.29) is 11.9 Å². The summed E-state index contributed by atoms with van der Waals surface area (Å²) in [7, 11) is 1.56. The Kier molecular flexibility index (Phi) is 6.43. The van der Waals surface area contributed by atoms with Crippen LogP contribution in [-0.4, -0.2) is 26.2 Å². The lowest BCUT2D eigenvalue weighted by Crippen LogP contribution is -2.27. The molecule has 23 heavy (non-hydrogen) atoms. The van der Waals surface area contributed by atoms with Crippen molar-refractivity contribution in [3.63, 3.8) is 0 Å². The van der Waals surface area contributed by atoms with Crippen LogP contribution in [-0.2, 0) is 0 Å². The molecule has 0 fully saturated rings. The van der Waals surface area contributed by atoms with Gasteiger partial charge < -0.3 is 20.5 Å². The number of benzene rings is 1. The summed E-state index contributed by atoms with van der Waals surface area (Å²) in [6.45, 7) is 2.93. The Balaban J connectivity index is 2.17. The van der Waals surface area contributed by atoms with E-state index >= 15 is 0 Å². The van der Waals surface area contributed by atoms with Gasteiger partial charge in [-0.25, -0.2) is 0 Å². The molecule has 0 radical (unpaired) electrons. The summed E-state index contributed by atoms with van der Waals surface area (Å²) < 4.78 is 11.0. The first-order valence-corrected chi connectivity index (χ1v) is 8.44. The van der Waals surface area contributed by atoms with E-state index in [0.717, 1.165) is 5.56 Å². The number of para-hydroxylation sites is 1. The highest BCUT2D eigenvalue weighted by Crippen LogP contribution is 2.31. The molecule has 0 saturated heterocycles. The maximum atomic E-state index is 12.6. The molecule has 0 bridgehead atoms. The summed E-state index contributed by atoms with van der Waals surface area (Å²) in [5.41, 5.74) is 7.03. The second-order valence-electron chi connectivity index (χ2n) is 5.08. The zero-order valence-electron chi connectivity index (χ0n) is 13.4. The van der Waals surface area contributed by atoms with Gasteiger partial charge in [0, 0.05) is 0 Å². The van der Waals surface area contributed by atoms with Crippen LogP contribution in [0.15, 0.2) is 35.0 Å². The highest BCUT2D eigenvalue weighted by Gasteiger charge is 2.19. The van der Waals surface area contributed by atoms with E-state index < -0.39 is 0 Å². The first-order valence-electron chi connectivity index (χ1n) is 7.50. The third kappa shape index (κ3) is 4.46. The smallest absolute Gasteiger partial charge is 0.255 e. The molecule has 1 aromatic heterocycles. The van der Waals surface area contributed by atoms with Crippen molar-refractivity contribution in [2.24, 2.45) is 5.73 Å². The van der Waals surface area contributed by atoms with E-state index in [0.29, 0.717) is 36.6 Å². The molecule has 0 aliphatic heterocycles. The standard InChI is InChI=1S/C17H22N2O3S/c1-12(13-7-10-23-11-13)19-17(20)14-5-3-6-15(21-2)16(14)22-9-4-8-18/h3,5-7,10-12H,4,8-9,18H2,1-2H3,(H,19,20). The number of methoxy groups -OCH3 is 1. The molecule has 6 heteroatoms. The van der Waals surface area contributed by atoms with Gasteiger partial charge in [0.15, 0.2) is 11.5 Å². The molecule has 0 aliphatic carbocycles. The van der Waals surface area contributed by atoms with Crippen LogP contribution in [0.4, 0.5) is 0 Å². The summed E-state index contributed by atoms with van der Waals surface area (Å²) in [4.78, 5) is 12.6. The molecule has 1 amide bonds. The molecule has 1 aromatic carbocycles. The first-order chi connectivity index (χ1) is 11.2. The summed E-state index contributed by atoms with van der Waals surface area (Å²) in [5.74, 6) is 0.807. The molecule has 124 valence electrons. The average molecular weight is 334 g/mol. The minimum absolute atomic E-state index is 0.0724. The molecular weight excluding hydrogens is 312 g/mol. The van der Waals surface area contributed by atoms with E-state index in [1.54, 1.807) is 36.6 Å². The third-order valence-corrected chi connectivity index (χ3v) is 4.13. The molecule has 0 spiro atoms. The van der Waals surface area contributed by atoms with Crippen molar-refractivity contribution in [1.82, 2.24) is 5.32 Å². The molecule has 1 heterocycles. The van der Waals surface area contributed by atoms with Crippen molar-refractivity contribution in [3.05, 3.63) is 46.2 Å². The number of hydrogen-bond acceptors (Lipinski definition) is 5. The summed E-state index contributed by atoms with van der Waals surface area (Å²) in [5, 5.41) is 7.00. The van der Waals surface area contributed by atoms with Crippen molar-refractivity contribution >= 4 is 17.2 Å². The maximum absolute atomic E-state index is 12.6. The second-order valence-corrected chi connectivity index (χ2v) is 5.86. The van der Waals surface area contributed by atoms with Crippen LogP contribution in [0.2, 0.25) is 0 Å². The zero-order valence-corrected chi connectivity index (χ0v) is 14.2. The molecule has 1 atom stereocenters. The fourth-order valence-electron chi connectivity index (χ4n) is 2.14. The molecule has 0 saturated carbocycles. The molecule has 2 rings (SSSR count). The van der Waals surface area contributed by atoms with Crippen molar-refractivity contribution < 1.29 is 14.3 Å². The monoisotopic (exact) mass is 334 g/mol. The number of amides is 1. The van der Waals surface area contributed by atoms with E-state index in [9.17, 15) is 4.79 Å². The fraction of sp³-hybridized carbons (Fsp3) is 0.353. The summed E-state index contributed by atoms with van der Waals surface area (Å²) >= 11 is 1.61.